The summed E-state index contributed by atoms with van der Waals surface area (Å²) in [6.45, 7) is 3.31. The zero-order valence-corrected chi connectivity index (χ0v) is 9.84. The maximum absolute atomic E-state index is 12.2. The van der Waals surface area contributed by atoms with Crippen LogP contribution in [-0.4, -0.2) is 15.9 Å². The number of benzene rings is 1. The lowest BCUT2D eigenvalue weighted by atomic mass is 10.0. The number of aromatic nitrogens is 1. The molecule has 0 amide bonds. The Morgan fingerprint density at radius 1 is 1.33 bits per heavy atom. The van der Waals surface area contributed by atoms with E-state index in [1.807, 2.05) is 0 Å². The second-order valence-corrected chi connectivity index (χ2v) is 3.90. The third-order valence-electron chi connectivity index (χ3n) is 2.59. The summed E-state index contributed by atoms with van der Waals surface area (Å²) < 4.78 is 4.79. The molecule has 0 atom stereocenters. The summed E-state index contributed by atoms with van der Waals surface area (Å²) in [5, 5.41) is 14.4. The van der Waals surface area contributed by atoms with Crippen LogP contribution in [0.4, 0.5) is 5.69 Å². The van der Waals surface area contributed by atoms with Crippen LogP contribution >= 0.6 is 0 Å². The smallest absolute Gasteiger partial charge is 0.280 e. The Balaban J connectivity index is 2.55. The van der Waals surface area contributed by atoms with E-state index in [4.69, 9.17) is 4.52 Å². The fourth-order valence-corrected chi connectivity index (χ4v) is 1.65. The van der Waals surface area contributed by atoms with Crippen LogP contribution in [-0.2, 0) is 0 Å². The van der Waals surface area contributed by atoms with Crippen LogP contribution in [0.2, 0.25) is 0 Å². The van der Waals surface area contributed by atoms with Gasteiger partial charge in [-0.25, -0.2) is 0 Å². The molecule has 1 aromatic heterocycles. The van der Waals surface area contributed by atoms with Crippen LogP contribution < -0.4 is 0 Å². The number of nitro benzene ring substituents is 1. The molecule has 0 fully saturated rings. The molecule has 0 spiro atoms. The molecule has 0 aliphatic rings. The predicted molar refractivity (Wildman–Crippen MR) is 62.5 cm³/mol. The van der Waals surface area contributed by atoms with Gasteiger partial charge < -0.3 is 4.52 Å². The molecule has 0 saturated heterocycles. The highest BCUT2D eigenvalue weighted by molar-refractivity contribution is 6.11. The van der Waals surface area contributed by atoms with Crippen LogP contribution in [0.3, 0.4) is 0 Å². The van der Waals surface area contributed by atoms with Crippen molar-refractivity contribution in [2.24, 2.45) is 0 Å². The number of rotatable bonds is 3. The molecule has 6 heteroatoms. The summed E-state index contributed by atoms with van der Waals surface area (Å²) in [6.07, 6.45) is 1.27. The van der Waals surface area contributed by atoms with Crippen LogP contribution in [0.25, 0.3) is 0 Å². The van der Waals surface area contributed by atoms with Gasteiger partial charge in [0, 0.05) is 6.07 Å². The first-order valence-electron chi connectivity index (χ1n) is 5.21. The van der Waals surface area contributed by atoms with Gasteiger partial charge in [-0.2, -0.15) is 0 Å². The zero-order valence-electron chi connectivity index (χ0n) is 9.84. The Labute approximate surface area is 102 Å². The van der Waals surface area contributed by atoms with Crippen molar-refractivity contribution in [1.82, 2.24) is 5.16 Å². The summed E-state index contributed by atoms with van der Waals surface area (Å²) in [6, 6.07) is 4.47. The largest absolute Gasteiger partial charge is 0.361 e. The molecule has 0 bridgehead atoms. The lowest BCUT2D eigenvalue weighted by molar-refractivity contribution is -0.385. The molecule has 6 nitrogen and oxygen atoms in total. The molecule has 1 aromatic carbocycles. The van der Waals surface area contributed by atoms with E-state index in [2.05, 4.69) is 5.16 Å². The summed E-state index contributed by atoms with van der Waals surface area (Å²) in [7, 11) is 0. The van der Waals surface area contributed by atoms with E-state index < -0.39 is 10.7 Å². The van der Waals surface area contributed by atoms with E-state index in [1.54, 1.807) is 19.9 Å². The van der Waals surface area contributed by atoms with Gasteiger partial charge in [0.1, 0.15) is 11.3 Å². The van der Waals surface area contributed by atoms with Gasteiger partial charge in [0.05, 0.1) is 16.7 Å². The zero-order chi connectivity index (χ0) is 13.3. The van der Waals surface area contributed by atoms with Crippen molar-refractivity contribution in [3.8, 4) is 0 Å². The molecule has 0 saturated carbocycles. The summed E-state index contributed by atoms with van der Waals surface area (Å²) in [5.74, 6) is -0.115. The summed E-state index contributed by atoms with van der Waals surface area (Å²) in [4.78, 5) is 22.5. The first kappa shape index (κ1) is 12.0. The molecular formula is C12H10N2O4. The molecular weight excluding hydrogens is 236 g/mol. The second-order valence-electron chi connectivity index (χ2n) is 3.90. The van der Waals surface area contributed by atoms with Crippen molar-refractivity contribution in [3.05, 3.63) is 57.0 Å². The molecule has 0 aliphatic heterocycles. The maximum atomic E-state index is 12.2. The minimum Gasteiger partial charge on any atom is -0.361 e. The molecule has 2 rings (SSSR count). The number of aryl methyl sites for hydroxylation is 2. The number of hydrogen-bond acceptors (Lipinski definition) is 5. The lowest BCUT2D eigenvalue weighted by Gasteiger charge is -2.02. The van der Waals surface area contributed by atoms with Crippen molar-refractivity contribution in [1.29, 1.82) is 0 Å². The monoisotopic (exact) mass is 246 g/mol. The minimum atomic E-state index is -0.566. The van der Waals surface area contributed by atoms with Gasteiger partial charge in [-0.15, -0.1) is 0 Å². The van der Waals surface area contributed by atoms with Gasteiger partial charge in [-0.1, -0.05) is 11.2 Å². The van der Waals surface area contributed by atoms with Gasteiger partial charge >= 0.3 is 0 Å². The van der Waals surface area contributed by atoms with Gasteiger partial charge in [-0.05, 0) is 25.5 Å². The Hall–Kier alpha value is -2.50. The molecule has 0 unspecified atom stereocenters. The minimum absolute atomic E-state index is 0.0388. The van der Waals surface area contributed by atoms with E-state index >= 15 is 0 Å². The fraction of sp³-hybridized carbons (Fsp3) is 0.167. The standard InChI is InChI=1S/C12H10N2O4/c1-7-3-4-9(11(5-7)14(16)17)12(15)10-6-13-18-8(10)2/h3-6H,1-2H3. The third-order valence-corrected chi connectivity index (χ3v) is 2.59. The van der Waals surface area contributed by atoms with Crippen molar-refractivity contribution < 1.29 is 14.2 Å². The van der Waals surface area contributed by atoms with Crippen molar-refractivity contribution >= 4 is 11.5 Å². The number of carbonyl (C=O) groups is 1. The molecule has 0 radical (unpaired) electrons. The van der Waals surface area contributed by atoms with Gasteiger partial charge in [-0.3, -0.25) is 14.9 Å². The van der Waals surface area contributed by atoms with Crippen LogP contribution in [0, 0.1) is 24.0 Å². The number of nitro groups is 1. The van der Waals surface area contributed by atoms with Crippen LogP contribution in [0.5, 0.6) is 0 Å². The van der Waals surface area contributed by atoms with Crippen LogP contribution in [0.15, 0.2) is 28.9 Å². The van der Waals surface area contributed by atoms with E-state index in [1.165, 1.54) is 18.3 Å². The highest BCUT2D eigenvalue weighted by atomic mass is 16.6. The van der Waals surface area contributed by atoms with E-state index in [0.717, 1.165) is 5.56 Å². The highest BCUT2D eigenvalue weighted by Gasteiger charge is 2.24. The number of ketones is 1. The van der Waals surface area contributed by atoms with E-state index in [0.29, 0.717) is 5.76 Å². The van der Waals surface area contributed by atoms with Crippen molar-refractivity contribution in [3.63, 3.8) is 0 Å². The Morgan fingerprint density at radius 2 is 2.06 bits per heavy atom. The fourth-order valence-electron chi connectivity index (χ4n) is 1.65. The Morgan fingerprint density at radius 3 is 2.61 bits per heavy atom. The van der Waals surface area contributed by atoms with E-state index in [9.17, 15) is 14.9 Å². The average molecular weight is 246 g/mol. The molecule has 18 heavy (non-hydrogen) atoms. The third kappa shape index (κ3) is 2.00. The van der Waals surface area contributed by atoms with Crippen molar-refractivity contribution in [2.75, 3.05) is 0 Å². The normalized spacial score (nSPS) is 10.3. The highest BCUT2D eigenvalue weighted by Crippen LogP contribution is 2.24. The van der Waals surface area contributed by atoms with Gasteiger partial charge in [0.15, 0.2) is 0 Å². The first-order valence-corrected chi connectivity index (χ1v) is 5.21. The quantitative estimate of drug-likeness (QED) is 0.471. The molecule has 0 aliphatic carbocycles. The van der Waals surface area contributed by atoms with Gasteiger partial charge in [0.2, 0.25) is 5.78 Å². The topological polar surface area (TPSA) is 86.2 Å². The SMILES string of the molecule is Cc1ccc(C(=O)c2cnoc2C)c([N+](=O)[O-])c1. The average Bonchev–Trinajstić information content (AvgIpc) is 2.74. The second kappa shape index (κ2) is 4.40. The van der Waals surface area contributed by atoms with E-state index in [-0.39, 0.29) is 16.8 Å². The molecule has 2 aromatic rings. The predicted octanol–water partition coefficient (Wildman–Crippen LogP) is 2.43. The molecule has 0 N–H and O–H groups in total. The summed E-state index contributed by atoms with van der Waals surface area (Å²) in [5.41, 5.74) is 0.791. The maximum Gasteiger partial charge on any atom is 0.280 e. The number of hydrogen-bond donors (Lipinski definition) is 0. The number of carbonyl (C=O) groups excluding carboxylic acids is 1. The molecule has 1 heterocycles. The molecule has 92 valence electrons. The summed E-state index contributed by atoms with van der Waals surface area (Å²) >= 11 is 0. The Kier molecular flexibility index (Phi) is 2.93. The number of nitrogens with zero attached hydrogens (tertiary/aromatic N) is 2. The van der Waals surface area contributed by atoms with Crippen molar-refractivity contribution in [2.45, 2.75) is 13.8 Å². The lowest BCUT2D eigenvalue weighted by Crippen LogP contribution is -2.06. The first-order chi connectivity index (χ1) is 8.50. The van der Waals surface area contributed by atoms with Crippen LogP contribution in [0.1, 0.15) is 27.2 Å². The van der Waals surface area contributed by atoms with Gasteiger partial charge in [0.25, 0.3) is 5.69 Å². The Bertz CT molecular complexity index is 631.